The van der Waals surface area contributed by atoms with Crippen molar-refractivity contribution < 1.29 is 4.79 Å². The minimum Gasteiger partial charge on any atom is -0.398 e. The number of nitrogens with two attached hydrogens (primary N) is 1. The zero-order valence-electron chi connectivity index (χ0n) is 10.9. The highest BCUT2D eigenvalue weighted by molar-refractivity contribution is 5.99. The lowest BCUT2D eigenvalue weighted by molar-refractivity contribution is 0.0785. The number of halogens is 1. The first-order valence-corrected chi connectivity index (χ1v) is 6.23. The van der Waals surface area contributed by atoms with Crippen LogP contribution in [-0.4, -0.2) is 23.9 Å². The fourth-order valence-corrected chi connectivity index (χ4v) is 2.38. The monoisotopic (exact) mass is 268 g/mol. The molecule has 0 aromatic heterocycles. The predicted molar refractivity (Wildman–Crippen MR) is 77.0 cm³/mol. The third-order valence-corrected chi connectivity index (χ3v) is 3.65. The van der Waals surface area contributed by atoms with Crippen molar-refractivity contribution in [1.82, 2.24) is 4.90 Å². The number of carbonyl (C=O) groups excluding carboxylic acids is 1. The Morgan fingerprint density at radius 3 is 2.61 bits per heavy atom. The molecule has 1 aromatic rings. The van der Waals surface area contributed by atoms with Gasteiger partial charge in [-0.15, -0.1) is 12.4 Å². The van der Waals surface area contributed by atoms with Crippen LogP contribution in [0.5, 0.6) is 0 Å². The van der Waals surface area contributed by atoms with Gasteiger partial charge in [-0.2, -0.15) is 0 Å². The molecular formula is C14H21ClN2O. The molecule has 100 valence electrons. The third kappa shape index (κ3) is 2.96. The lowest BCUT2D eigenvalue weighted by Gasteiger charge is -2.18. The molecule has 1 amide bonds. The normalized spacial score (nSPS) is 18.8. The number of para-hydroxylation sites is 1. The molecule has 1 saturated heterocycles. The number of benzene rings is 1. The number of nitrogens with zero attached hydrogens (tertiary/aromatic N) is 1. The number of nitrogen functional groups attached to an aromatic ring is 1. The van der Waals surface area contributed by atoms with Gasteiger partial charge in [0.2, 0.25) is 0 Å². The van der Waals surface area contributed by atoms with Crippen LogP contribution in [0.4, 0.5) is 5.69 Å². The second kappa shape index (κ2) is 6.10. The summed E-state index contributed by atoms with van der Waals surface area (Å²) in [6.45, 7) is 6.16. The fourth-order valence-electron chi connectivity index (χ4n) is 2.38. The van der Waals surface area contributed by atoms with Crippen LogP contribution in [0.25, 0.3) is 0 Å². The second-order valence-electron chi connectivity index (χ2n) is 5.13. The summed E-state index contributed by atoms with van der Waals surface area (Å²) < 4.78 is 0. The lowest BCUT2D eigenvalue weighted by atomic mass is 9.95. The molecule has 2 N–H and O–H groups in total. The SMILES string of the molecule is CC(C)C1CCN(C(=O)c2ccccc2N)C1.Cl. The van der Waals surface area contributed by atoms with E-state index in [1.165, 1.54) is 0 Å². The van der Waals surface area contributed by atoms with Gasteiger partial charge in [-0.3, -0.25) is 4.79 Å². The van der Waals surface area contributed by atoms with E-state index in [4.69, 9.17) is 5.73 Å². The highest BCUT2D eigenvalue weighted by Gasteiger charge is 2.29. The van der Waals surface area contributed by atoms with Gasteiger partial charge in [0.05, 0.1) is 5.56 Å². The number of likely N-dealkylation sites (tertiary alicyclic amines) is 1. The van der Waals surface area contributed by atoms with E-state index in [2.05, 4.69) is 13.8 Å². The van der Waals surface area contributed by atoms with E-state index in [-0.39, 0.29) is 18.3 Å². The molecule has 0 saturated carbocycles. The molecule has 0 spiro atoms. The maximum absolute atomic E-state index is 12.3. The molecule has 1 aromatic carbocycles. The van der Waals surface area contributed by atoms with E-state index in [0.29, 0.717) is 23.1 Å². The van der Waals surface area contributed by atoms with Gasteiger partial charge in [0.25, 0.3) is 5.91 Å². The molecule has 1 aliphatic rings. The Bertz CT molecular complexity index is 420. The average molecular weight is 269 g/mol. The van der Waals surface area contributed by atoms with Gasteiger partial charge in [0.15, 0.2) is 0 Å². The summed E-state index contributed by atoms with van der Waals surface area (Å²) in [5, 5.41) is 0. The highest BCUT2D eigenvalue weighted by Crippen LogP contribution is 2.25. The van der Waals surface area contributed by atoms with E-state index in [9.17, 15) is 4.79 Å². The summed E-state index contributed by atoms with van der Waals surface area (Å²) >= 11 is 0. The smallest absolute Gasteiger partial charge is 0.255 e. The molecule has 4 heteroatoms. The summed E-state index contributed by atoms with van der Waals surface area (Å²) in [4.78, 5) is 14.2. The van der Waals surface area contributed by atoms with Crippen molar-refractivity contribution in [3.05, 3.63) is 29.8 Å². The van der Waals surface area contributed by atoms with Crippen LogP contribution in [0.3, 0.4) is 0 Å². The van der Waals surface area contributed by atoms with Crippen LogP contribution in [0, 0.1) is 11.8 Å². The zero-order valence-corrected chi connectivity index (χ0v) is 11.7. The Kier molecular flexibility index (Phi) is 5.03. The summed E-state index contributed by atoms with van der Waals surface area (Å²) in [6, 6.07) is 7.30. The summed E-state index contributed by atoms with van der Waals surface area (Å²) in [5.41, 5.74) is 7.05. The van der Waals surface area contributed by atoms with Crippen LogP contribution >= 0.6 is 12.4 Å². The second-order valence-corrected chi connectivity index (χ2v) is 5.13. The Labute approximate surface area is 115 Å². The van der Waals surface area contributed by atoms with E-state index < -0.39 is 0 Å². The molecule has 0 bridgehead atoms. The number of hydrogen-bond acceptors (Lipinski definition) is 2. The Morgan fingerprint density at radius 1 is 1.39 bits per heavy atom. The minimum absolute atomic E-state index is 0. The number of anilines is 1. The van der Waals surface area contributed by atoms with Crippen LogP contribution in [-0.2, 0) is 0 Å². The summed E-state index contributed by atoms with van der Waals surface area (Å²) in [5.74, 6) is 1.34. The number of amides is 1. The van der Waals surface area contributed by atoms with Crippen molar-refractivity contribution in [3.63, 3.8) is 0 Å². The Balaban J connectivity index is 0.00000162. The standard InChI is InChI=1S/C14H20N2O.ClH/c1-10(2)11-7-8-16(9-11)14(17)12-5-3-4-6-13(12)15;/h3-6,10-11H,7-9,15H2,1-2H3;1H. The van der Waals surface area contributed by atoms with E-state index in [0.717, 1.165) is 19.5 Å². The average Bonchev–Trinajstić information content (AvgIpc) is 2.78. The number of carbonyl (C=O) groups is 1. The molecule has 3 nitrogen and oxygen atoms in total. The molecule has 1 fully saturated rings. The van der Waals surface area contributed by atoms with Gasteiger partial charge in [0, 0.05) is 18.8 Å². The molecule has 1 heterocycles. The number of hydrogen-bond donors (Lipinski definition) is 1. The van der Waals surface area contributed by atoms with Gasteiger partial charge in [-0.25, -0.2) is 0 Å². The van der Waals surface area contributed by atoms with Crippen molar-refractivity contribution in [2.75, 3.05) is 18.8 Å². The molecule has 0 radical (unpaired) electrons. The Morgan fingerprint density at radius 2 is 2.06 bits per heavy atom. The van der Waals surface area contributed by atoms with E-state index in [1.54, 1.807) is 12.1 Å². The van der Waals surface area contributed by atoms with Crippen molar-refractivity contribution in [2.45, 2.75) is 20.3 Å². The molecular weight excluding hydrogens is 248 g/mol. The van der Waals surface area contributed by atoms with Gasteiger partial charge in [-0.1, -0.05) is 26.0 Å². The van der Waals surface area contributed by atoms with Gasteiger partial charge < -0.3 is 10.6 Å². The van der Waals surface area contributed by atoms with Gasteiger partial charge in [0.1, 0.15) is 0 Å². The third-order valence-electron chi connectivity index (χ3n) is 3.65. The highest BCUT2D eigenvalue weighted by atomic mass is 35.5. The van der Waals surface area contributed by atoms with E-state index >= 15 is 0 Å². The molecule has 2 rings (SSSR count). The predicted octanol–water partition coefficient (Wildman–Crippen LogP) is 2.81. The topological polar surface area (TPSA) is 46.3 Å². The zero-order chi connectivity index (χ0) is 12.4. The van der Waals surface area contributed by atoms with Gasteiger partial charge in [-0.05, 0) is 30.4 Å². The molecule has 1 atom stereocenters. The summed E-state index contributed by atoms with van der Waals surface area (Å²) in [7, 11) is 0. The molecule has 18 heavy (non-hydrogen) atoms. The first kappa shape index (κ1) is 14.8. The largest absolute Gasteiger partial charge is 0.398 e. The molecule has 0 aliphatic carbocycles. The first-order valence-electron chi connectivity index (χ1n) is 6.23. The van der Waals surface area contributed by atoms with Crippen molar-refractivity contribution in [3.8, 4) is 0 Å². The lowest BCUT2D eigenvalue weighted by Crippen LogP contribution is -2.29. The van der Waals surface area contributed by atoms with Crippen molar-refractivity contribution in [1.29, 1.82) is 0 Å². The fraction of sp³-hybridized carbons (Fsp3) is 0.500. The minimum atomic E-state index is 0. The van der Waals surface area contributed by atoms with Crippen molar-refractivity contribution >= 4 is 24.0 Å². The van der Waals surface area contributed by atoms with Crippen molar-refractivity contribution in [2.24, 2.45) is 11.8 Å². The van der Waals surface area contributed by atoms with E-state index in [1.807, 2.05) is 17.0 Å². The maximum Gasteiger partial charge on any atom is 0.255 e. The quantitative estimate of drug-likeness (QED) is 0.839. The first-order chi connectivity index (χ1) is 8.09. The number of rotatable bonds is 2. The van der Waals surface area contributed by atoms with Gasteiger partial charge >= 0.3 is 0 Å². The summed E-state index contributed by atoms with van der Waals surface area (Å²) in [6.07, 6.45) is 1.11. The maximum atomic E-state index is 12.3. The Hall–Kier alpha value is -1.22. The molecule has 1 aliphatic heterocycles. The molecule has 1 unspecified atom stereocenters. The van der Waals surface area contributed by atoms with Crippen LogP contribution in [0.15, 0.2) is 24.3 Å². The van der Waals surface area contributed by atoms with Crippen LogP contribution in [0.2, 0.25) is 0 Å². The van der Waals surface area contributed by atoms with Crippen LogP contribution < -0.4 is 5.73 Å². The van der Waals surface area contributed by atoms with Crippen LogP contribution in [0.1, 0.15) is 30.6 Å².